The van der Waals surface area contributed by atoms with Gasteiger partial charge in [-0.05, 0) is 12.5 Å². The maximum Gasteiger partial charge on any atom is 0.319 e. The van der Waals surface area contributed by atoms with E-state index in [-0.39, 0.29) is 13.0 Å². The van der Waals surface area contributed by atoms with E-state index in [0.29, 0.717) is 10.6 Å². The Morgan fingerprint density at radius 3 is 2.32 bits per heavy atom. The number of rotatable bonds is 2. The minimum Gasteiger partial charge on any atom is -0.393 e. The summed E-state index contributed by atoms with van der Waals surface area (Å²) in [4.78, 5) is 22.0. The first-order valence-electron chi connectivity index (χ1n) is 5.55. The van der Waals surface area contributed by atoms with Crippen LogP contribution < -0.4 is 5.73 Å². The molecule has 0 aromatic heterocycles. The molecule has 1 aliphatic heterocycles. The zero-order chi connectivity index (χ0) is 14.6. The van der Waals surface area contributed by atoms with Crippen molar-refractivity contribution in [2.75, 3.05) is 6.54 Å². The van der Waals surface area contributed by atoms with Gasteiger partial charge in [0.2, 0.25) is 0 Å². The van der Waals surface area contributed by atoms with Crippen LogP contribution >= 0.6 is 46.4 Å². The molecular weight excluding hydrogens is 336 g/mol. The van der Waals surface area contributed by atoms with Gasteiger partial charge in [-0.1, -0.05) is 34.8 Å². The summed E-state index contributed by atoms with van der Waals surface area (Å²) in [5.41, 5.74) is 5.99. The van der Waals surface area contributed by atoms with Crippen molar-refractivity contribution in [2.45, 2.75) is 22.6 Å². The standard InChI is InChI=1S/C11H11Cl4NO3/c1-4-6(12)2-10(13,14)11(4,15)7-5(3-16)8(17)19-9(7)18/h5,7H,2-3,16H2,1H3. The molecule has 0 radical (unpaired) electrons. The van der Waals surface area contributed by atoms with E-state index in [0.717, 1.165) is 0 Å². The van der Waals surface area contributed by atoms with Crippen molar-refractivity contribution in [3.63, 3.8) is 0 Å². The molecule has 3 unspecified atom stereocenters. The summed E-state index contributed by atoms with van der Waals surface area (Å²) in [6.45, 7) is 1.55. The number of carbonyl (C=O) groups is 2. The number of esters is 2. The van der Waals surface area contributed by atoms with Crippen LogP contribution in [0.25, 0.3) is 0 Å². The van der Waals surface area contributed by atoms with Crippen LogP contribution in [0.1, 0.15) is 13.3 Å². The molecule has 0 spiro atoms. The molecule has 0 amide bonds. The molecule has 8 heteroatoms. The minimum absolute atomic E-state index is 0.0849. The van der Waals surface area contributed by atoms with Gasteiger partial charge in [0.25, 0.3) is 0 Å². The molecule has 0 aromatic rings. The van der Waals surface area contributed by atoms with E-state index in [1.54, 1.807) is 6.92 Å². The van der Waals surface area contributed by atoms with Crippen molar-refractivity contribution in [1.82, 2.24) is 0 Å². The van der Waals surface area contributed by atoms with Gasteiger partial charge in [-0.25, -0.2) is 0 Å². The molecule has 2 N–H and O–H groups in total. The maximum atomic E-state index is 11.9. The van der Waals surface area contributed by atoms with Gasteiger partial charge in [-0.3, -0.25) is 9.59 Å². The molecule has 1 heterocycles. The summed E-state index contributed by atoms with van der Waals surface area (Å²) in [5, 5.41) is 0.378. The fourth-order valence-corrected chi connectivity index (χ4v) is 4.34. The number of halogens is 4. The van der Waals surface area contributed by atoms with Crippen molar-refractivity contribution in [3.8, 4) is 0 Å². The second-order valence-corrected chi connectivity index (χ2v) is 7.22. The van der Waals surface area contributed by atoms with Crippen LogP contribution in [0.2, 0.25) is 0 Å². The van der Waals surface area contributed by atoms with Crippen molar-refractivity contribution < 1.29 is 14.3 Å². The lowest BCUT2D eigenvalue weighted by Crippen LogP contribution is -2.51. The first kappa shape index (κ1) is 15.4. The Morgan fingerprint density at radius 1 is 1.32 bits per heavy atom. The third-order valence-electron chi connectivity index (χ3n) is 3.70. The van der Waals surface area contributed by atoms with E-state index in [1.807, 2.05) is 0 Å². The molecule has 3 atom stereocenters. The van der Waals surface area contributed by atoms with E-state index in [4.69, 9.17) is 52.1 Å². The monoisotopic (exact) mass is 345 g/mol. The molecule has 0 bridgehead atoms. The molecule has 2 aliphatic rings. The Morgan fingerprint density at radius 2 is 1.89 bits per heavy atom. The van der Waals surface area contributed by atoms with Crippen LogP contribution in [0.5, 0.6) is 0 Å². The fourth-order valence-electron chi connectivity index (χ4n) is 2.60. The van der Waals surface area contributed by atoms with E-state index in [9.17, 15) is 9.59 Å². The van der Waals surface area contributed by atoms with Crippen LogP contribution in [0.3, 0.4) is 0 Å². The van der Waals surface area contributed by atoms with Crippen molar-refractivity contribution >= 4 is 58.3 Å². The quantitative estimate of drug-likeness (QED) is 0.473. The third kappa shape index (κ3) is 2.00. The van der Waals surface area contributed by atoms with Crippen LogP contribution in [0.15, 0.2) is 10.6 Å². The average molecular weight is 347 g/mol. The largest absolute Gasteiger partial charge is 0.393 e. The van der Waals surface area contributed by atoms with E-state index < -0.39 is 33.0 Å². The molecule has 1 fully saturated rings. The molecule has 0 saturated carbocycles. The Balaban J connectivity index is 2.55. The highest BCUT2D eigenvalue weighted by molar-refractivity contribution is 6.56. The summed E-state index contributed by atoms with van der Waals surface area (Å²) in [6.07, 6.45) is 0.0995. The number of allylic oxidation sites excluding steroid dienone is 2. The van der Waals surface area contributed by atoms with E-state index in [2.05, 4.69) is 4.74 Å². The summed E-state index contributed by atoms with van der Waals surface area (Å²) in [5.74, 6) is -3.40. The first-order chi connectivity index (χ1) is 8.66. The van der Waals surface area contributed by atoms with Gasteiger partial charge in [0.05, 0.1) is 11.8 Å². The number of cyclic esters (lactones) is 2. The highest BCUT2D eigenvalue weighted by Gasteiger charge is 2.66. The summed E-state index contributed by atoms with van der Waals surface area (Å²) in [6, 6.07) is 0. The predicted octanol–water partition coefficient (Wildman–Crippen LogP) is 2.33. The van der Waals surface area contributed by atoms with Gasteiger partial charge in [0.15, 0.2) is 0 Å². The summed E-state index contributed by atoms with van der Waals surface area (Å²) in [7, 11) is 0. The molecule has 2 rings (SSSR count). The highest BCUT2D eigenvalue weighted by atomic mass is 35.5. The lowest BCUT2D eigenvalue weighted by molar-refractivity contribution is -0.153. The zero-order valence-electron chi connectivity index (χ0n) is 9.88. The lowest BCUT2D eigenvalue weighted by atomic mass is 9.78. The number of ether oxygens (including phenoxy) is 1. The third-order valence-corrected chi connectivity index (χ3v) is 6.02. The number of hydrogen-bond donors (Lipinski definition) is 1. The number of alkyl halides is 3. The van der Waals surface area contributed by atoms with Gasteiger partial charge < -0.3 is 10.5 Å². The molecule has 4 nitrogen and oxygen atoms in total. The molecule has 1 aliphatic carbocycles. The molecule has 0 aromatic carbocycles. The maximum absolute atomic E-state index is 11.9. The Kier molecular flexibility index (Phi) is 3.87. The Hall–Kier alpha value is -0.000000000000000187. The molecule has 106 valence electrons. The number of hydrogen-bond acceptors (Lipinski definition) is 4. The molecular formula is C11H11Cl4NO3. The lowest BCUT2D eigenvalue weighted by Gasteiger charge is -2.38. The smallest absolute Gasteiger partial charge is 0.319 e. The number of nitrogens with two attached hydrogens (primary N) is 1. The highest BCUT2D eigenvalue weighted by Crippen LogP contribution is 2.61. The van der Waals surface area contributed by atoms with Crippen LogP contribution in [0, 0.1) is 11.8 Å². The Bertz CT molecular complexity index is 490. The first-order valence-corrected chi connectivity index (χ1v) is 7.06. The normalized spacial score (nSPS) is 38.0. The second kappa shape index (κ2) is 4.78. The van der Waals surface area contributed by atoms with Crippen molar-refractivity contribution in [1.29, 1.82) is 0 Å². The van der Waals surface area contributed by atoms with E-state index in [1.165, 1.54) is 0 Å². The average Bonchev–Trinajstić information content (AvgIpc) is 2.67. The van der Waals surface area contributed by atoms with Gasteiger partial charge in [-0.2, -0.15) is 0 Å². The van der Waals surface area contributed by atoms with Crippen molar-refractivity contribution in [2.24, 2.45) is 17.6 Å². The van der Waals surface area contributed by atoms with Gasteiger partial charge in [0, 0.05) is 18.0 Å². The van der Waals surface area contributed by atoms with Crippen molar-refractivity contribution in [3.05, 3.63) is 10.6 Å². The zero-order valence-corrected chi connectivity index (χ0v) is 12.9. The van der Waals surface area contributed by atoms with Gasteiger partial charge >= 0.3 is 11.9 Å². The summed E-state index contributed by atoms with van der Waals surface area (Å²) >= 11 is 25.0. The van der Waals surface area contributed by atoms with E-state index >= 15 is 0 Å². The topological polar surface area (TPSA) is 69.4 Å². The fraction of sp³-hybridized carbons (Fsp3) is 0.636. The number of carbonyl (C=O) groups excluding carboxylic acids is 2. The Labute approximate surface area is 130 Å². The van der Waals surface area contributed by atoms with Crippen LogP contribution in [-0.4, -0.2) is 27.7 Å². The van der Waals surface area contributed by atoms with Gasteiger partial charge in [0.1, 0.15) is 9.21 Å². The predicted molar refractivity (Wildman–Crippen MR) is 73.3 cm³/mol. The van der Waals surface area contributed by atoms with Crippen LogP contribution in [-0.2, 0) is 14.3 Å². The van der Waals surface area contributed by atoms with Crippen LogP contribution in [0.4, 0.5) is 0 Å². The SMILES string of the molecule is CC1=C(Cl)CC(Cl)(Cl)C1(Cl)C1C(=O)OC(=O)C1CN. The minimum atomic E-state index is -1.50. The second-order valence-electron chi connectivity index (χ2n) is 4.68. The molecule has 19 heavy (non-hydrogen) atoms. The summed E-state index contributed by atoms with van der Waals surface area (Å²) < 4.78 is 3.10. The van der Waals surface area contributed by atoms with Gasteiger partial charge in [-0.15, -0.1) is 11.6 Å². The molecule has 1 saturated heterocycles.